The topological polar surface area (TPSA) is 54.0 Å². The summed E-state index contributed by atoms with van der Waals surface area (Å²) < 4.78 is 0. The Morgan fingerprint density at radius 1 is 1.22 bits per heavy atom. The van der Waals surface area contributed by atoms with Crippen LogP contribution in [-0.4, -0.2) is 31.0 Å². The first kappa shape index (κ1) is 18.9. The zero-order valence-corrected chi connectivity index (χ0v) is 12.5. The standard InChI is InChI=1S/C10H15N3O.2C2H6/c1-8-3-4-12-9(7-8)10(14)13-6-5-11-2;2*1-2/h3-4,7,11H,5-6H2,1-2H3,(H,13,14);2*1-2H3. The number of amides is 1. The van der Waals surface area contributed by atoms with Crippen molar-refractivity contribution < 1.29 is 4.79 Å². The lowest BCUT2D eigenvalue weighted by molar-refractivity contribution is 0.0949. The summed E-state index contributed by atoms with van der Waals surface area (Å²) in [5.74, 6) is -0.121. The maximum absolute atomic E-state index is 11.5. The minimum atomic E-state index is -0.121. The molecule has 1 aromatic rings. The van der Waals surface area contributed by atoms with E-state index in [-0.39, 0.29) is 5.91 Å². The molecule has 0 saturated heterocycles. The quantitative estimate of drug-likeness (QED) is 0.810. The van der Waals surface area contributed by atoms with Crippen LogP contribution in [0.15, 0.2) is 18.3 Å². The van der Waals surface area contributed by atoms with E-state index in [9.17, 15) is 4.79 Å². The van der Waals surface area contributed by atoms with E-state index >= 15 is 0 Å². The third kappa shape index (κ3) is 8.70. The molecule has 1 amide bonds. The molecule has 0 aromatic carbocycles. The first-order chi connectivity index (χ1) is 8.74. The Bertz CT molecular complexity index is 314. The van der Waals surface area contributed by atoms with Crippen LogP contribution in [0.1, 0.15) is 43.7 Å². The van der Waals surface area contributed by atoms with Gasteiger partial charge in [-0.2, -0.15) is 0 Å². The molecule has 0 aliphatic carbocycles. The van der Waals surface area contributed by atoms with Crippen LogP contribution < -0.4 is 10.6 Å². The Labute approximate surface area is 111 Å². The lowest BCUT2D eigenvalue weighted by Gasteiger charge is -2.04. The molecule has 0 spiro atoms. The second-order valence-corrected chi connectivity index (χ2v) is 3.08. The summed E-state index contributed by atoms with van der Waals surface area (Å²) in [6.45, 7) is 11.3. The largest absolute Gasteiger partial charge is 0.349 e. The Morgan fingerprint density at radius 3 is 2.33 bits per heavy atom. The van der Waals surface area contributed by atoms with Crippen molar-refractivity contribution in [2.45, 2.75) is 34.6 Å². The molecule has 18 heavy (non-hydrogen) atoms. The van der Waals surface area contributed by atoms with Gasteiger partial charge in [-0.25, -0.2) is 0 Å². The van der Waals surface area contributed by atoms with Crippen molar-refractivity contribution in [3.05, 3.63) is 29.6 Å². The van der Waals surface area contributed by atoms with Gasteiger partial charge in [-0.05, 0) is 31.7 Å². The molecular formula is C14H27N3O. The summed E-state index contributed by atoms with van der Waals surface area (Å²) in [5, 5.41) is 5.71. The molecule has 4 heteroatoms. The number of aromatic nitrogens is 1. The van der Waals surface area contributed by atoms with Crippen LogP contribution in [0.3, 0.4) is 0 Å². The van der Waals surface area contributed by atoms with Crippen molar-refractivity contribution in [2.24, 2.45) is 0 Å². The van der Waals surface area contributed by atoms with Crippen molar-refractivity contribution in [1.29, 1.82) is 0 Å². The lowest BCUT2D eigenvalue weighted by atomic mass is 10.2. The van der Waals surface area contributed by atoms with E-state index in [0.29, 0.717) is 12.2 Å². The average Bonchev–Trinajstić information content (AvgIpc) is 2.43. The normalized spacial score (nSPS) is 8.33. The van der Waals surface area contributed by atoms with Crippen molar-refractivity contribution in [2.75, 3.05) is 20.1 Å². The third-order valence-corrected chi connectivity index (χ3v) is 1.81. The highest BCUT2D eigenvalue weighted by Crippen LogP contribution is 1.98. The molecule has 0 aliphatic rings. The number of pyridine rings is 1. The molecule has 2 N–H and O–H groups in total. The predicted molar refractivity (Wildman–Crippen MR) is 77.9 cm³/mol. The number of hydrogen-bond acceptors (Lipinski definition) is 3. The number of rotatable bonds is 4. The molecule has 0 fully saturated rings. The highest BCUT2D eigenvalue weighted by Gasteiger charge is 2.04. The fourth-order valence-corrected chi connectivity index (χ4v) is 1.05. The van der Waals surface area contributed by atoms with Gasteiger partial charge >= 0.3 is 0 Å². The molecule has 0 radical (unpaired) electrons. The summed E-state index contributed by atoms with van der Waals surface area (Å²) in [4.78, 5) is 15.5. The van der Waals surface area contributed by atoms with Crippen LogP contribution >= 0.6 is 0 Å². The first-order valence-corrected chi connectivity index (χ1v) is 6.59. The van der Waals surface area contributed by atoms with E-state index in [1.54, 1.807) is 12.3 Å². The molecule has 0 unspecified atom stereocenters. The zero-order valence-electron chi connectivity index (χ0n) is 12.5. The van der Waals surface area contributed by atoms with Gasteiger partial charge in [0.1, 0.15) is 5.69 Å². The number of carbonyl (C=O) groups is 1. The number of nitrogens with zero attached hydrogens (tertiary/aromatic N) is 1. The summed E-state index contributed by atoms with van der Waals surface area (Å²) in [6.07, 6.45) is 1.64. The number of carbonyl (C=O) groups excluding carboxylic acids is 1. The van der Waals surface area contributed by atoms with Gasteiger partial charge in [-0.3, -0.25) is 9.78 Å². The Morgan fingerprint density at radius 2 is 1.83 bits per heavy atom. The minimum Gasteiger partial charge on any atom is -0.349 e. The second-order valence-electron chi connectivity index (χ2n) is 3.08. The number of likely N-dealkylation sites (N-methyl/N-ethyl adjacent to an activating group) is 1. The van der Waals surface area contributed by atoms with Gasteiger partial charge in [-0.1, -0.05) is 27.7 Å². The predicted octanol–water partition coefficient (Wildman–Crippen LogP) is 2.39. The van der Waals surface area contributed by atoms with Crippen molar-refractivity contribution >= 4 is 5.91 Å². The molecule has 4 nitrogen and oxygen atoms in total. The number of nitrogens with one attached hydrogen (secondary N) is 2. The van der Waals surface area contributed by atoms with Crippen LogP contribution in [0.4, 0.5) is 0 Å². The SMILES string of the molecule is CC.CC.CNCCNC(=O)c1cc(C)ccn1. The van der Waals surface area contributed by atoms with E-state index in [2.05, 4.69) is 15.6 Å². The van der Waals surface area contributed by atoms with Crippen molar-refractivity contribution in [1.82, 2.24) is 15.6 Å². The first-order valence-electron chi connectivity index (χ1n) is 6.59. The van der Waals surface area contributed by atoms with Crippen LogP contribution in [0.5, 0.6) is 0 Å². The van der Waals surface area contributed by atoms with Gasteiger partial charge in [0.05, 0.1) is 0 Å². The van der Waals surface area contributed by atoms with Gasteiger partial charge in [0.25, 0.3) is 5.91 Å². The maximum Gasteiger partial charge on any atom is 0.269 e. The monoisotopic (exact) mass is 253 g/mol. The van der Waals surface area contributed by atoms with Crippen LogP contribution in [0.2, 0.25) is 0 Å². The molecule has 0 saturated carbocycles. The molecule has 0 aliphatic heterocycles. The highest BCUT2D eigenvalue weighted by atomic mass is 16.1. The molecule has 0 bridgehead atoms. The smallest absolute Gasteiger partial charge is 0.269 e. The van der Waals surface area contributed by atoms with Crippen LogP contribution in [0.25, 0.3) is 0 Å². The van der Waals surface area contributed by atoms with Gasteiger partial charge in [0.2, 0.25) is 0 Å². The molecular weight excluding hydrogens is 226 g/mol. The van der Waals surface area contributed by atoms with E-state index in [0.717, 1.165) is 12.1 Å². The minimum absolute atomic E-state index is 0.121. The van der Waals surface area contributed by atoms with E-state index in [1.807, 2.05) is 47.7 Å². The summed E-state index contributed by atoms with van der Waals surface area (Å²) in [5.41, 5.74) is 1.51. The van der Waals surface area contributed by atoms with Gasteiger partial charge in [0, 0.05) is 19.3 Å². The average molecular weight is 253 g/mol. The van der Waals surface area contributed by atoms with Crippen molar-refractivity contribution in [3.8, 4) is 0 Å². The Balaban J connectivity index is 0. The number of hydrogen-bond donors (Lipinski definition) is 2. The van der Waals surface area contributed by atoms with Crippen molar-refractivity contribution in [3.63, 3.8) is 0 Å². The molecule has 1 aromatic heterocycles. The highest BCUT2D eigenvalue weighted by molar-refractivity contribution is 5.92. The van der Waals surface area contributed by atoms with Crippen LogP contribution in [-0.2, 0) is 0 Å². The van der Waals surface area contributed by atoms with E-state index in [4.69, 9.17) is 0 Å². The summed E-state index contributed by atoms with van der Waals surface area (Å²) >= 11 is 0. The number of aryl methyl sites for hydroxylation is 1. The Hall–Kier alpha value is -1.42. The van der Waals surface area contributed by atoms with E-state index < -0.39 is 0 Å². The van der Waals surface area contributed by atoms with E-state index in [1.165, 1.54) is 0 Å². The van der Waals surface area contributed by atoms with Gasteiger partial charge in [0.15, 0.2) is 0 Å². The van der Waals surface area contributed by atoms with Gasteiger partial charge in [-0.15, -0.1) is 0 Å². The summed E-state index contributed by atoms with van der Waals surface area (Å²) in [6, 6.07) is 3.64. The van der Waals surface area contributed by atoms with Crippen LogP contribution in [0, 0.1) is 6.92 Å². The molecule has 0 atom stereocenters. The fraction of sp³-hybridized carbons (Fsp3) is 0.571. The second kappa shape index (κ2) is 13.6. The summed E-state index contributed by atoms with van der Waals surface area (Å²) in [7, 11) is 1.84. The maximum atomic E-state index is 11.5. The lowest BCUT2D eigenvalue weighted by Crippen LogP contribution is -2.30. The molecule has 1 heterocycles. The zero-order chi connectivity index (χ0) is 14.4. The molecule has 1 rings (SSSR count). The third-order valence-electron chi connectivity index (χ3n) is 1.81. The fourth-order valence-electron chi connectivity index (χ4n) is 1.05. The molecule has 104 valence electrons. The Kier molecular flexibility index (Phi) is 14.4. The van der Waals surface area contributed by atoms with Gasteiger partial charge < -0.3 is 10.6 Å².